The maximum absolute atomic E-state index is 11.0. The molecule has 0 saturated carbocycles. The molecule has 108 valence electrons. The van der Waals surface area contributed by atoms with Crippen LogP contribution in [-0.4, -0.2) is 41.0 Å². The van der Waals surface area contributed by atoms with Gasteiger partial charge < -0.3 is 14.6 Å². The van der Waals surface area contributed by atoms with Gasteiger partial charge in [-0.2, -0.15) is 0 Å². The molecule has 1 N–H and O–H groups in total. The predicted octanol–water partition coefficient (Wildman–Crippen LogP) is 2.20. The summed E-state index contributed by atoms with van der Waals surface area (Å²) in [5.41, 5.74) is -0.115. The number of hydrogen-bond donors (Lipinski definition) is 1. The number of nitro groups is 1. The summed E-state index contributed by atoms with van der Waals surface area (Å²) >= 11 is 5.76. The normalized spacial score (nSPS) is 16.9. The minimum atomic E-state index is -0.494. The molecule has 20 heavy (non-hydrogen) atoms. The Morgan fingerprint density at radius 2 is 2.15 bits per heavy atom. The molecule has 0 radical (unpaired) electrons. The zero-order chi connectivity index (χ0) is 14.7. The summed E-state index contributed by atoms with van der Waals surface area (Å²) in [7, 11) is -0.471. The third-order valence-corrected chi connectivity index (χ3v) is 3.65. The minimum absolute atomic E-state index is 0.0788. The molecule has 2 rings (SSSR count). The Bertz CT molecular complexity index is 492. The monoisotopic (exact) mass is 298 g/mol. The highest BCUT2D eigenvalue weighted by atomic mass is 35.5. The van der Waals surface area contributed by atoms with Crippen molar-refractivity contribution in [2.45, 2.75) is 25.8 Å². The lowest BCUT2D eigenvalue weighted by molar-refractivity contribution is -0.386. The van der Waals surface area contributed by atoms with Crippen LogP contribution < -0.4 is 4.74 Å². The van der Waals surface area contributed by atoms with Gasteiger partial charge in [0.2, 0.25) is 0 Å². The van der Waals surface area contributed by atoms with E-state index < -0.39 is 12.0 Å². The Morgan fingerprint density at radius 3 is 2.70 bits per heavy atom. The molecule has 0 spiro atoms. The molecule has 1 aliphatic rings. The molecule has 0 amide bonds. The first-order valence-corrected chi connectivity index (χ1v) is 6.88. The maximum atomic E-state index is 11.0. The fourth-order valence-corrected chi connectivity index (χ4v) is 2.45. The highest BCUT2D eigenvalue weighted by Crippen LogP contribution is 2.32. The lowest BCUT2D eigenvalue weighted by Crippen LogP contribution is -2.45. The van der Waals surface area contributed by atoms with Gasteiger partial charge in [0.25, 0.3) is 0 Å². The number of halogens is 1. The van der Waals surface area contributed by atoms with Gasteiger partial charge in [0, 0.05) is 11.1 Å². The molecule has 0 bridgehead atoms. The zero-order valence-electron chi connectivity index (χ0n) is 11.2. The average Bonchev–Trinajstić information content (AvgIpc) is 2.41. The summed E-state index contributed by atoms with van der Waals surface area (Å²) in [6.07, 6.45) is 1.37. The summed E-state index contributed by atoms with van der Waals surface area (Å²) in [6, 6.07) is 4.40. The van der Waals surface area contributed by atoms with Crippen LogP contribution in [0.25, 0.3) is 0 Å². The highest BCUT2D eigenvalue weighted by molar-refractivity contribution is 6.45. The number of nitro benzene ring substituents is 1. The van der Waals surface area contributed by atoms with E-state index in [1.165, 1.54) is 12.1 Å². The van der Waals surface area contributed by atoms with Gasteiger partial charge in [0.1, 0.15) is 6.10 Å². The molecular weight excluding hydrogens is 282 g/mol. The topological polar surface area (TPSA) is 75.8 Å². The molecular formula is C12H16BClN2O4. The zero-order valence-corrected chi connectivity index (χ0v) is 11.9. The van der Waals surface area contributed by atoms with Crippen molar-refractivity contribution in [1.29, 1.82) is 0 Å². The molecule has 1 aliphatic heterocycles. The molecule has 1 heterocycles. The number of hydrogen-bond acceptors (Lipinski definition) is 5. The van der Waals surface area contributed by atoms with Gasteiger partial charge in [-0.1, -0.05) is 11.6 Å². The van der Waals surface area contributed by atoms with Crippen LogP contribution in [0.1, 0.15) is 12.8 Å². The van der Waals surface area contributed by atoms with Gasteiger partial charge in [0.15, 0.2) is 5.75 Å². The molecule has 0 unspecified atom stereocenters. The van der Waals surface area contributed by atoms with Gasteiger partial charge in [-0.3, -0.25) is 10.1 Å². The Hall–Kier alpha value is -1.31. The first-order chi connectivity index (χ1) is 9.47. The molecule has 0 aliphatic carbocycles. The molecule has 0 aromatic heterocycles. The first kappa shape index (κ1) is 15.1. The van der Waals surface area contributed by atoms with Crippen molar-refractivity contribution in [3.05, 3.63) is 33.3 Å². The van der Waals surface area contributed by atoms with Crippen LogP contribution in [0.5, 0.6) is 5.75 Å². The summed E-state index contributed by atoms with van der Waals surface area (Å²) in [5, 5.41) is 20.8. The van der Waals surface area contributed by atoms with Crippen molar-refractivity contribution in [1.82, 2.24) is 4.81 Å². The van der Waals surface area contributed by atoms with Gasteiger partial charge in [0.05, 0.1) is 4.92 Å². The molecule has 1 fully saturated rings. The van der Waals surface area contributed by atoms with E-state index in [1.807, 2.05) is 4.81 Å². The second kappa shape index (κ2) is 6.43. The lowest BCUT2D eigenvalue weighted by atomic mass is 9.82. The third-order valence-electron chi connectivity index (χ3n) is 3.42. The van der Waals surface area contributed by atoms with Crippen molar-refractivity contribution in [2.24, 2.45) is 0 Å². The quantitative estimate of drug-likeness (QED) is 0.524. The second-order valence-corrected chi connectivity index (χ2v) is 5.29. The van der Waals surface area contributed by atoms with Crippen LogP contribution in [0.2, 0.25) is 11.8 Å². The van der Waals surface area contributed by atoms with Gasteiger partial charge in [-0.05, 0) is 44.9 Å². The summed E-state index contributed by atoms with van der Waals surface area (Å²) < 4.78 is 5.72. The van der Waals surface area contributed by atoms with E-state index in [9.17, 15) is 15.1 Å². The van der Waals surface area contributed by atoms with E-state index in [0.29, 0.717) is 18.1 Å². The lowest BCUT2D eigenvalue weighted by Gasteiger charge is -2.32. The van der Waals surface area contributed by atoms with E-state index in [1.54, 1.807) is 12.9 Å². The van der Waals surface area contributed by atoms with Gasteiger partial charge >= 0.3 is 12.7 Å². The Balaban J connectivity index is 2.03. The van der Waals surface area contributed by atoms with Crippen LogP contribution >= 0.6 is 11.6 Å². The minimum Gasteiger partial charge on any atom is -0.483 e. The fourth-order valence-electron chi connectivity index (χ4n) is 2.28. The molecule has 8 heteroatoms. The SMILES string of the molecule is CB(O)N1CCC(Oc2ccc(Cl)cc2[N+](=O)[O-])CC1. The third kappa shape index (κ3) is 3.62. The van der Waals surface area contributed by atoms with Crippen LogP contribution in [0.15, 0.2) is 18.2 Å². The van der Waals surface area contributed by atoms with Crippen molar-refractivity contribution < 1.29 is 14.7 Å². The Kier molecular flexibility index (Phi) is 4.85. The molecule has 0 atom stereocenters. The summed E-state index contributed by atoms with van der Waals surface area (Å²) in [4.78, 5) is 12.4. The van der Waals surface area contributed by atoms with Crippen LogP contribution in [0.3, 0.4) is 0 Å². The number of ether oxygens (including phenoxy) is 1. The predicted molar refractivity (Wildman–Crippen MR) is 77.2 cm³/mol. The van der Waals surface area contributed by atoms with Crippen molar-refractivity contribution in [3.8, 4) is 5.75 Å². The summed E-state index contributed by atoms with van der Waals surface area (Å²) in [6.45, 7) is 3.15. The number of rotatable bonds is 4. The van der Waals surface area contributed by atoms with E-state index in [0.717, 1.165) is 12.8 Å². The maximum Gasteiger partial charge on any atom is 0.376 e. The average molecular weight is 299 g/mol. The first-order valence-electron chi connectivity index (χ1n) is 6.50. The second-order valence-electron chi connectivity index (χ2n) is 4.85. The fraction of sp³-hybridized carbons (Fsp3) is 0.500. The van der Waals surface area contributed by atoms with Crippen LogP contribution in [0, 0.1) is 10.1 Å². The van der Waals surface area contributed by atoms with Crippen molar-refractivity contribution in [3.63, 3.8) is 0 Å². The number of benzene rings is 1. The van der Waals surface area contributed by atoms with Gasteiger partial charge in [-0.25, -0.2) is 0 Å². The Morgan fingerprint density at radius 1 is 1.50 bits per heavy atom. The number of nitrogens with zero attached hydrogens (tertiary/aromatic N) is 2. The highest BCUT2D eigenvalue weighted by Gasteiger charge is 2.26. The van der Waals surface area contributed by atoms with Crippen molar-refractivity contribution in [2.75, 3.05) is 13.1 Å². The Labute approximate surface area is 122 Å². The van der Waals surface area contributed by atoms with Gasteiger partial charge in [-0.15, -0.1) is 0 Å². The van der Waals surface area contributed by atoms with E-state index >= 15 is 0 Å². The molecule has 6 nitrogen and oxygen atoms in total. The van der Waals surface area contributed by atoms with Crippen LogP contribution in [-0.2, 0) is 0 Å². The molecule has 1 aromatic carbocycles. The molecule has 1 aromatic rings. The van der Waals surface area contributed by atoms with E-state index in [-0.39, 0.29) is 17.5 Å². The van der Waals surface area contributed by atoms with Crippen molar-refractivity contribution >= 4 is 24.3 Å². The smallest absolute Gasteiger partial charge is 0.376 e. The molecule has 1 saturated heterocycles. The van der Waals surface area contributed by atoms with Crippen LogP contribution in [0.4, 0.5) is 5.69 Å². The summed E-state index contributed by atoms with van der Waals surface area (Å²) in [5.74, 6) is 0.245. The number of piperidine rings is 1. The standard InChI is InChI=1S/C12H16BClN2O4/c1-13(17)15-6-4-10(5-7-15)20-12-3-2-9(14)8-11(12)16(18)19/h2-3,8,10,17H,4-7H2,1H3. The van der Waals surface area contributed by atoms with E-state index in [4.69, 9.17) is 16.3 Å². The van der Waals surface area contributed by atoms with E-state index in [2.05, 4.69) is 0 Å². The largest absolute Gasteiger partial charge is 0.483 e.